The summed E-state index contributed by atoms with van der Waals surface area (Å²) in [5.74, 6) is 0. The molecule has 0 nitrogen and oxygen atoms in total. The van der Waals surface area contributed by atoms with Gasteiger partial charge in [0.15, 0.2) is 0 Å². The predicted octanol–water partition coefficient (Wildman–Crippen LogP) is 1.21. The summed E-state index contributed by atoms with van der Waals surface area (Å²) in [4.78, 5) is 0. The van der Waals surface area contributed by atoms with Crippen LogP contribution in [0.15, 0.2) is 0 Å². The molecule has 0 aromatic carbocycles. The summed E-state index contributed by atoms with van der Waals surface area (Å²) in [5, 5.41) is 0. The molecule has 0 saturated heterocycles. The third-order valence-electron chi connectivity index (χ3n) is 0. The van der Waals surface area contributed by atoms with Gasteiger partial charge in [0, 0.05) is 0 Å². The zero-order valence-corrected chi connectivity index (χ0v) is 12.7. The molecule has 0 radical (unpaired) electrons. The van der Waals surface area contributed by atoms with Gasteiger partial charge in [0.25, 0.3) is 0 Å². The summed E-state index contributed by atoms with van der Waals surface area (Å²) in [6, 6.07) is 0. The molecule has 5 heavy (non-hydrogen) atoms. The molecule has 0 rings (SSSR count). The molecule has 0 amide bonds. The Morgan fingerprint density at radius 2 is 1.40 bits per heavy atom. The van der Waals surface area contributed by atoms with Gasteiger partial charge in [-0.1, -0.05) is 0 Å². The van der Waals surface area contributed by atoms with Crippen LogP contribution in [-0.4, -0.2) is 24.4 Å². The normalized spacial score (nSPS) is 3.40. The quantitative estimate of drug-likeness (QED) is 0.631. The van der Waals surface area contributed by atoms with Gasteiger partial charge in [0.2, 0.25) is 0 Å². The molecule has 0 fully saturated rings. The molecule has 0 aromatic rings. The van der Waals surface area contributed by atoms with Crippen molar-refractivity contribution in [1.82, 2.24) is 0 Å². The van der Waals surface area contributed by atoms with E-state index in [1.807, 2.05) is 0 Å². The standard InChI is InChI=1S/C2H5.2BrH.In.2H/c1-2;;;;;/h1H2,2H3;2*1H;;;. The summed E-state index contributed by atoms with van der Waals surface area (Å²) in [6.07, 6.45) is 0. The van der Waals surface area contributed by atoms with E-state index in [1.165, 1.54) is 4.18 Å². The Balaban J connectivity index is -0.0000000200. The van der Waals surface area contributed by atoms with E-state index < -0.39 is 0 Å². The SMILES string of the molecule is Br.Br.C[CH2][InH2]. The fourth-order valence-electron chi connectivity index (χ4n) is 0. The van der Waals surface area contributed by atoms with Crippen LogP contribution in [0, 0.1) is 0 Å². The monoisotopic (exact) mass is 306 g/mol. The summed E-state index contributed by atoms with van der Waals surface area (Å²) < 4.78 is 1.46. The Bertz CT molecular complexity index is 7.61. The molecule has 0 atom stereocenters. The zero-order valence-electron chi connectivity index (χ0n) is 3.52. The number of rotatable bonds is 0. The molecule has 0 N–H and O–H groups in total. The number of hydrogen-bond donors (Lipinski definition) is 0. The maximum atomic E-state index is 2.22. The average Bonchev–Trinajstić information content (AvgIpc) is 0.918. The van der Waals surface area contributed by atoms with E-state index in [0.29, 0.717) is 0 Å². The van der Waals surface area contributed by atoms with Crippen molar-refractivity contribution in [1.29, 1.82) is 0 Å². The van der Waals surface area contributed by atoms with Crippen molar-refractivity contribution in [2.75, 3.05) is 0 Å². The molecule has 3 heteroatoms. The summed E-state index contributed by atoms with van der Waals surface area (Å²) >= 11 is 0.982. The molecule has 0 saturated carbocycles. The van der Waals surface area contributed by atoms with Gasteiger partial charge in [0.05, 0.1) is 0 Å². The molecule has 0 bridgehead atoms. The van der Waals surface area contributed by atoms with Crippen LogP contribution in [0.2, 0.25) is 4.18 Å². The molecular formula is C2H9Br2In. The zero-order chi connectivity index (χ0) is 2.71. The maximum absolute atomic E-state index is 2.22. The predicted molar refractivity (Wildman–Crippen MR) is 39.7 cm³/mol. The van der Waals surface area contributed by atoms with Crippen molar-refractivity contribution in [3.05, 3.63) is 0 Å². The van der Waals surface area contributed by atoms with Crippen molar-refractivity contribution in [2.45, 2.75) is 11.1 Å². The van der Waals surface area contributed by atoms with Gasteiger partial charge in [-0.3, -0.25) is 0 Å². The first-order chi connectivity index (χ1) is 1.41. The van der Waals surface area contributed by atoms with Gasteiger partial charge in [0.1, 0.15) is 0 Å². The molecule has 34 valence electrons. The molecule has 0 unspecified atom stereocenters. The first-order valence-electron chi connectivity index (χ1n) is 1.41. The Labute approximate surface area is 68.8 Å². The van der Waals surface area contributed by atoms with E-state index in [-0.39, 0.29) is 34.0 Å². The minimum absolute atomic E-state index is 0. The summed E-state index contributed by atoms with van der Waals surface area (Å²) in [6.45, 7) is 2.22. The third kappa shape index (κ3) is 25.5. The van der Waals surface area contributed by atoms with E-state index in [9.17, 15) is 0 Å². The van der Waals surface area contributed by atoms with Crippen LogP contribution in [0.3, 0.4) is 0 Å². The van der Waals surface area contributed by atoms with E-state index in [1.54, 1.807) is 0 Å². The van der Waals surface area contributed by atoms with Crippen molar-refractivity contribution in [3.63, 3.8) is 0 Å². The molecule has 0 aromatic heterocycles. The van der Waals surface area contributed by atoms with Crippen LogP contribution < -0.4 is 0 Å². The van der Waals surface area contributed by atoms with Gasteiger partial charge in [-0.05, 0) is 0 Å². The van der Waals surface area contributed by atoms with Crippen LogP contribution in [0.4, 0.5) is 0 Å². The molecule has 0 heterocycles. The third-order valence-corrected chi connectivity index (χ3v) is 0. The van der Waals surface area contributed by atoms with E-state index >= 15 is 0 Å². The molecular weight excluding hydrogens is 299 g/mol. The Hall–Kier alpha value is 1.83. The first-order valence-corrected chi connectivity index (χ1v) is 5.45. The Kier molecular flexibility index (Phi) is 53.7. The second-order valence-corrected chi connectivity index (χ2v) is 4.74. The van der Waals surface area contributed by atoms with Gasteiger partial charge in [-0.25, -0.2) is 0 Å². The van der Waals surface area contributed by atoms with Gasteiger partial charge >= 0.3 is 35.5 Å². The fraction of sp³-hybridized carbons (Fsp3) is 1.00. The van der Waals surface area contributed by atoms with Gasteiger partial charge in [-0.2, -0.15) is 0 Å². The second-order valence-electron chi connectivity index (χ2n) is 0.707. The average molecular weight is 308 g/mol. The van der Waals surface area contributed by atoms with Crippen molar-refractivity contribution in [2.24, 2.45) is 0 Å². The van der Waals surface area contributed by atoms with E-state index in [2.05, 4.69) is 6.92 Å². The van der Waals surface area contributed by atoms with Crippen LogP contribution >= 0.6 is 34.0 Å². The van der Waals surface area contributed by atoms with E-state index in [0.717, 1.165) is 24.4 Å². The molecule has 0 aliphatic carbocycles. The van der Waals surface area contributed by atoms with Crippen molar-refractivity contribution >= 4 is 58.3 Å². The van der Waals surface area contributed by atoms with Crippen LogP contribution in [0.25, 0.3) is 0 Å². The number of hydrogen-bond acceptors (Lipinski definition) is 0. The van der Waals surface area contributed by atoms with Crippen LogP contribution in [0.5, 0.6) is 0 Å². The molecule has 0 spiro atoms. The van der Waals surface area contributed by atoms with Gasteiger partial charge in [-0.15, -0.1) is 34.0 Å². The van der Waals surface area contributed by atoms with Crippen molar-refractivity contribution < 1.29 is 0 Å². The Morgan fingerprint density at radius 3 is 1.40 bits per heavy atom. The summed E-state index contributed by atoms with van der Waals surface area (Å²) in [7, 11) is 0. The van der Waals surface area contributed by atoms with Gasteiger partial charge < -0.3 is 0 Å². The Morgan fingerprint density at radius 1 is 1.40 bits per heavy atom. The van der Waals surface area contributed by atoms with Crippen LogP contribution in [0.1, 0.15) is 6.92 Å². The topological polar surface area (TPSA) is 0 Å². The fourth-order valence-corrected chi connectivity index (χ4v) is 0. The second kappa shape index (κ2) is 17.0. The van der Waals surface area contributed by atoms with Crippen LogP contribution in [-0.2, 0) is 0 Å². The van der Waals surface area contributed by atoms with E-state index in [4.69, 9.17) is 0 Å². The summed E-state index contributed by atoms with van der Waals surface area (Å²) in [5.41, 5.74) is 0. The number of halogens is 2. The minimum atomic E-state index is 0. The molecule has 0 aliphatic rings. The molecule has 0 aliphatic heterocycles. The first kappa shape index (κ1) is 15.8. The van der Waals surface area contributed by atoms with Crippen molar-refractivity contribution in [3.8, 4) is 0 Å².